The van der Waals surface area contributed by atoms with E-state index in [1.54, 1.807) is 29.6 Å². The molecule has 1 amide bonds. The summed E-state index contributed by atoms with van der Waals surface area (Å²) >= 11 is 6.88. The summed E-state index contributed by atoms with van der Waals surface area (Å²) in [5.41, 5.74) is 1.13. The number of carbonyl (C=O) groups is 1. The first kappa shape index (κ1) is 15.7. The van der Waals surface area contributed by atoms with Crippen LogP contribution in [0.5, 0.6) is 0 Å². The predicted octanol–water partition coefficient (Wildman–Crippen LogP) is 2.35. The van der Waals surface area contributed by atoms with Crippen LogP contribution < -0.4 is 10.0 Å². The maximum absolute atomic E-state index is 11.8. The van der Waals surface area contributed by atoms with Crippen LogP contribution in [0.4, 0.5) is 10.8 Å². The van der Waals surface area contributed by atoms with Crippen molar-refractivity contribution in [1.29, 1.82) is 0 Å². The van der Waals surface area contributed by atoms with Gasteiger partial charge in [-0.25, -0.2) is 13.4 Å². The average molecular weight is 346 g/mol. The van der Waals surface area contributed by atoms with E-state index in [2.05, 4.69) is 15.0 Å². The number of halogens is 1. The fourth-order valence-corrected chi connectivity index (χ4v) is 3.19. The fraction of sp³-hybridized carbons (Fsp3) is 0.167. The van der Waals surface area contributed by atoms with Crippen molar-refractivity contribution in [1.82, 2.24) is 4.98 Å². The number of anilines is 2. The van der Waals surface area contributed by atoms with Gasteiger partial charge < -0.3 is 5.32 Å². The number of nitrogens with one attached hydrogen (secondary N) is 2. The molecule has 0 aliphatic heterocycles. The molecule has 0 aliphatic carbocycles. The molecule has 0 spiro atoms. The van der Waals surface area contributed by atoms with Crippen LogP contribution in [-0.4, -0.2) is 25.6 Å². The smallest absolute Gasteiger partial charge is 0.231 e. The summed E-state index contributed by atoms with van der Waals surface area (Å²) in [5.74, 6) is -0.242. The second-order valence-corrected chi connectivity index (χ2v) is 7.29. The average Bonchev–Trinajstić information content (AvgIpc) is 2.77. The molecule has 2 rings (SSSR count). The Morgan fingerprint density at radius 3 is 2.62 bits per heavy atom. The molecule has 0 atom stereocenters. The number of hydrogen-bond acceptors (Lipinski definition) is 5. The van der Waals surface area contributed by atoms with Gasteiger partial charge in [-0.3, -0.25) is 9.52 Å². The van der Waals surface area contributed by atoms with Crippen LogP contribution in [0.15, 0.2) is 29.6 Å². The van der Waals surface area contributed by atoms with Crippen molar-refractivity contribution in [2.45, 2.75) is 6.42 Å². The van der Waals surface area contributed by atoms with Crippen LogP contribution in [0, 0.1) is 0 Å². The van der Waals surface area contributed by atoms with E-state index in [0.717, 1.165) is 17.6 Å². The van der Waals surface area contributed by atoms with Gasteiger partial charge >= 0.3 is 0 Å². The Balaban J connectivity index is 1.95. The molecule has 2 aromatic rings. The highest BCUT2D eigenvalue weighted by molar-refractivity contribution is 7.92. The normalized spacial score (nSPS) is 11.1. The zero-order valence-electron chi connectivity index (χ0n) is 11.0. The van der Waals surface area contributed by atoms with Gasteiger partial charge in [-0.1, -0.05) is 11.6 Å². The molecular formula is C12H12ClN3O3S2. The van der Waals surface area contributed by atoms with E-state index in [1.807, 2.05) is 0 Å². The molecule has 1 heterocycles. The lowest BCUT2D eigenvalue weighted by Gasteiger charge is -2.03. The van der Waals surface area contributed by atoms with Gasteiger partial charge in [-0.05, 0) is 24.3 Å². The molecule has 0 unspecified atom stereocenters. The van der Waals surface area contributed by atoms with E-state index in [0.29, 0.717) is 16.4 Å². The number of thiazole rings is 1. The van der Waals surface area contributed by atoms with Crippen molar-refractivity contribution >= 4 is 49.7 Å². The summed E-state index contributed by atoms with van der Waals surface area (Å²) in [7, 11) is -3.36. The molecule has 1 aromatic heterocycles. The standard InChI is InChI=1S/C12H12ClN3O3S2/c1-21(18,19)16-12-15-10(7-20-12)6-11(17)14-9-4-2-8(13)3-5-9/h2-5,7H,6H2,1H3,(H,14,17)(H,15,16). The van der Waals surface area contributed by atoms with Crippen molar-refractivity contribution < 1.29 is 13.2 Å². The summed E-state index contributed by atoms with van der Waals surface area (Å²) in [5, 5.41) is 5.17. The minimum absolute atomic E-state index is 0.0601. The van der Waals surface area contributed by atoms with E-state index in [4.69, 9.17) is 11.6 Å². The SMILES string of the molecule is CS(=O)(=O)Nc1nc(CC(=O)Nc2ccc(Cl)cc2)cs1. The first-order valence-electron chi connectivity index (χ1n) is 5.79. The molecule has 0 bridgehead atoms. The van der Waals surface area contributed by atoms with Crippen molar-refractivity contribution in [3.05, 3.63) is 40.4 Å². The molecule has 0 saturated heterocycles. The van der Waals surface area contributed by atoms with E-state index in [-0.39, 0.29) is 17.5 Å². The zero-order chi connectivity index (χ0) is 15.5. The number of carbonyl (C=O) groups excluding carboxylic acids is 1. The van der Waals surface area contributed by atoms with Crippen LogP contribution >= 0.6 is 22.9 Å². The van der Waals surface area contributed by atoms with Gasteiger partial charge in [-0.2, -0.15) is 0 Å². The Morgan fingerprint density at radius 1 is 1.33 bits per heavy atom. The second-order valence-electron chi connectivity index (χ2n) is 4.25. The Kier molecular flexibility index (Phi) is 4.81. The Hall–Kier alpha value is -1.64. The van der Waals surface area contributed by atoms with Gasteiger partial charge in [0.25, 0.3) is 0 Å². The van der Waals surface area contributed by atoms with Crippen LogP contribution in [0.25, 0.3) is 0 Å². The maximum atomic E-state index is 11.8. The highest BCUT2D eigenvalue weighted by Gasteiger charge is 2.10. The minimum atomic E-state index is -3.36. The topological polar surface area (TPSA) is 88.2 Å². The van der Waals surface area contributed by atoms with Crippen LogP contribution in [0.3, 0.4) is 0 Å². The van der Waals surface area contributed by atoms with Gasteiger partial charge in [0.15, 0.2) is 5.13 Å². The summed E-state index contributed by atoms with van der Waals surface area (Å²) in [6.07, 6.45) is 1.10. The van der Waals surface area contributed by atoms with Gasteiger partial charge in [0.05, 0.1) is 18.4 Å². The highest BCUT2D eigenvalue weighted by atomic mass is 35.5. The molecule has 1 aromatic carbocycles. The third kappa shape index (κ3) is 5.33. The predicted molar refractivity (Wildman–Crippen MR) is 84.4 cm³/mol. The van der Waals surface area contributed by atoms with Gasteiger partial charge in [0.2, 0.25) is 15.9 Å². The third-order valence-corrected chi connectivity index (χ3v) is 4.05. The van der Waals surface area contributed by atoms with Crippen molar-refractivity contribution in [2.24, 2.45) is 0 Å². The number of sulfonamides is 1. The first-order chi connectivity index (χ1) is 9.82. The maximum Gasteiger partial charge on any atom is 0.231 e. The Bertz CT molecular complexity index is 741. The van der Waals surface area contributed by atoms with E-state index < -0.39 is 10.0 Å². The molecule has 2 N–H and O–H groups in total. The van der Waals surface area contributed by atoms with Crippen molar-refractivity contribution in [3.8, 4) is 0 Å². The van der Waals surface area contributed by atoms with E-state index in [9.17, 15) is 13.2 Å². The number of benzene rings is 1. The fourth-order valence-electron chi connectivity index (χ4n) is 1.50. The summed E-state index contributed by atoms with van der Waals surface area (Å²) < 4.78 is 24.4. The number of aromatic nitrogens is 1. The number of nitrogens with zero attached hydrogens (tertiary/aromatic N) is 1. The monoisotopic (exact) mass is 345 g/mol. The van der Waals surface area contributed by atoms with E-state index >= 15 is 0 Å². The van der Waals surface area contributed by atoms with Crippen LogP contribution in [0.2, 0.25) is 5.02 Å². The minimum Gasteiger partial charge on any atom is -0.326 e. The number of amides is 1. The van der Waals surface area contributed by atoms with Gasteiger partial charge in [0.1, 0.15) is 0 Å². The van der Waals surface area contributed by atoms with Gasteiger partial charge in [0, 0.05) is 16.1 Å². The lowest BCUT2D eigenvalue weighted by atomic mass is 10.3. The van der Waals surface area contributed by atoms with Crippen molar-refractivity contribution in [2.75, 3.05) is 16.3 Å². The largest absolute Gasteiger partial charge is 0.326 e. The first-order valence-corrected chi connectivity index (χ1v) is 8.94. The Labute approximate surface area is 131 Å². The third-order valence-electron chi connectivity index (χ3n) is 2.29. The quantitative estimate of drug-likeness (QED) is 0.870. The highest BCUT2D eigenvalue weighted by Crippen LogP contribution is 2.18. The molecule has 0 aliphatic rings. The van der Waals surface area contributed by atoms with E-state index in [1.165, 1.54) is 0 Å². The zero-order valence-corrected chi connectivity index (χ0v) is 13.3. The molecular weight excluding hydrogens is 334 g/mol. The summed E-state index contributed by atoms with van der Waals surface area (Å²) in [6.45, 7) is 0. The number of hydrogen-bond donors (Lipinski definition) is 2. The van der Waals surface area contributed by atoms with Gasteiger partial charge in [-0.15, -0.1) is 11.3 Å². The molecule has 0 saturated carbocycles. The molecule has 0 radical (unpaired) electrons. The van der Waals surface area contributed by atoms with Crippen LogP contribution in [-0.2, 0) is 21.2 Å². The summed E-state index contributed by atoms with van der Waals surface area (Å²) in [6, 6.07) is 6.73. The summed E-state index contributed by atoms with van der Waals surface area (Å²) in [4.78, 5) is 15.9. The Morgan fingerprint density at radius 2 is 2.00 bits per heavy atom. The molecule has 9 heteroatoms. The van der Waals surface area contributed by atoms with Crippen LogP contribution in [0.1, 0.15) is 5.69 Å². The lowest BCUT2D eigenvalue weighted by Crippen LogP contribution is -2.14. The molecule has 112 valence electrons. The molecule has 0 fully saturated rings. The number of rotatable bonds is 5. The molecule has 21 heavy (non-hydrogen) atoms. The lowest BCUT2D eigenvalue weighted by molar-refractivity contribution is -0.115. The molecule has 6 nitrogen and oxygen atoms in total. The second kappa shape index (κ2) is 6.42. The van der Waals surface area contributed by atoms with Crippen molar-refractivity contribution in [3.63, 3.8) is 0 Å².